The highest BCUT2D eigenvalue weighted by Gasteiger charge is 2.22. The second-order valence-corrected chi connectivity index (χ2v) is 4.80. The van der Waals surface area contributed by atoms with Gasteiger partial charge in [0.05, 0.1) is 5.56 Å². The van der Waals surface area contributed by atoms with Crippen molar-refractivity contribution in [3.8, 4) is 0 Å². The second kappa shape index (κ2) is 7.61. The lowest BCUT2D eigenvalue weighted by Crippen LogP contribution is -2.41. The minimum atomic E-state index is -0.972. The Bertz CT molecular complexity index is 516. The SMILES string of the molecule is CCC(CC)NC(=O)C(C)OC(=O)c1cc(F)ccc1N. The number of nitrogens with one attached hydrogen (secondary N) is 1. The zero-order valence-electron chi connectivity index (χ0n) is 12.5. The minimum absolute atomic E-state index is 0.0397. The van der Waals surface area contributed by atoms with Gasteiger partial charge in [-0.15, -0.1) is 0 Å². The Hall–Kier alpha value is -2.11. The van der Waals surface area contributed by atoms with E-state index >= 15 is 0 Å². The normalized spacial score (nSPS) is 12.0. The maximum Gasteiger partial charge on any atom is 0.341 e. The van der Waals surface area contributed by atoms with E-state index in [1.165, 1.54) is 13.0 Å². The summed E-state index contributed by atoms with van der Waals surface area (Å²) in [4.78, 5) is 23.8. The lowest BCUT2D eigenvalue weighted by molar-refractivity contribution is -0.129. The Morgan fingerprint density at radius 3 is 2.52 bits per heavy atom. The van der Waals surface area contributed by atoms with Gasteiger partial charge in [-0.25, -0.2) is 9.18 Å². The molecule has 1 rings (SSSR count). The molecule has 0 aliphatic carbocycles. The summed E-state index contributed by atoms with van der Waals surface area (Å²) in [5.74, 6) is -1.79. The fraction of sp³-hybridized carbons (Fsp3) is 0.467. The lowest BCUT2D eigenvalue weighted by Gasteiger charge is -2.19. The van der Waals surface area contributed by atoms with E-state index in [0.29, 0.717) is 0 Å². The molecular weight excluding hydrogens is 275 g/mol. The van der Waals surface area contributed by atoms with Crippen molar-refractivity contribution in [2.24, 2.45) is 0 Å². The van der Waals surface area contributed by atoms with Crippen LogP contribution in [0.4, 0.5) is 10.1 Å². The third-order valence-electron chi connectivity index (χ3n) is 3.22. The van der Waals surface area contributed by atoms with Crippen LogP contribution in [0.5, 0.6) is 0 Å². The van der Waals surface area contributed by atoms with E-state index in [-0.39, 0.29) is 23.2 Å². The summed E-state index contributed by atoms with van der Waals surface area (Å²) < 4.78 is 18.2. The van der Waals surface area contributed by atoms with Crippen LogP contribution in [0.15, 0.2) is 18.2 Å². The number of benzene rings is 1. The molecule has 0 radical (unpaired) electrons. The number of nitrogens with two attached hydrogens (primary N) is 1. The second-order valence-electron chi connectivity index (χ2n) is 4.80. The van der Waals surface area contributed by atoms with Crippen molar-refractivity contribution >= 4 is 17.6 Å². The van der Waals surface area contributed by atoms with Crippen molar-refractivity contribution < 1.29 is 18.7 Å². The summed E-state index contributed by atoms with van der Waals surface area (Å²) in [6.45, 7) is 5.38. The molecule has 0 spiro atoms. The summed E-state index contributed by atoms with van der Waals surface area (Å²) in [5.41, 5.74) is 5.62. The number of anilines is 1. The maximum atomic E-state index is 13.1. The monoisotopic (exact) mass is 296 g/mol. The Labute approximate surface area is 123 Å². The summed E-state index contributed by atoms with van der Waals surface area (Å²) in [7, 11) is 0. The van der Waals surface area contributed by atoms with E-state index in [0.717, 1.165) is 25.0 Å². The molecule has 0 fully saturated rings. The van der Waals surface area contributed by atoms with E-state index < -0.39 is 17.9 Å². The molecule has 1 atom stereocenters. The van der Waals surface area contributed by atoms with Crippen LogP contribution >= 0.6 is 0 Å². The molecule has 0 aliphatic rings. The third-order valence-corrected chi connectivity index (χ3v) is 3.22. The van der Waals surface area contributed by atoms with Gasteiger partial charge in [-0.2, -0.15) is 0 Å². The summed E-state index contributed by atoms with van der Waals surface area (Å²) in [6, 6.07) is 3.46. The number of ether oxygens (including phenoxy) is 1. The zero-order chi connectivity index (χ0) is 16.0. The first-order valence-corrected chi connectivity index (χ1v) is 6.95. The fourth-order valence-electron chi connectivity index (χ4n) is 1.79. The molecule has 0 saturated carbocycles. The Morgan fingerprint density at radius 2 is 1.95 bits per heavy atom. The number of carbonyl (C=O) groups is 2. The molecule has 116 valence electrons. The molecule has 1 amide bonds. The van der Waals surface area contributed by atoms with Gasteiger partial charge in [-0.1, -0.05) is 13.8 Å². The summed E-state index contributed by atoms with van der Waals surface area (Å²) in [5, 5.41) is 2.78. The molecule has 0 aliphatic heterocycles. The van der Waals surface area contributed by atoms with Crippen molar-refractivity contribution in [3.05, 3.63) is 29.6 Å². The van der Waals surface area contributed by atoms with E-state index in [1.807, 2.05) is 13.8 Å². The lowest BCUT2D eigenvalue weighted by atomic mass is 10.1. The number of rotatable bonds is 6. The predicted molar refractivity (Wildman–Crippen MR) is 78.2 cm³/mol. The molecular formula is C15H21FN2O3. The van der Waals surface area contributed by atoms with Gasteiger partial charge in [0.25, 0.3) is 5.91 Å². The number of nitrogen functional groups attached to an aromatic ring is 1. The van der Waals surface area contributed by atoms with Crippen LogP contribution in [0.25, 0.3) is 0 Å². The highest BCUT2D eigenvalue weighted by Crippen LogP contribution is 2.15. The van der Waals surface area contributed by atoms with Crippen LogP contribution in [0, 0.1) is 5.82 Å². The van der Waals surface area contributed by atoms with E-state index in [1.54, 1.807) is 0 Å². The first kappa shape index (κ1) is 16.9. The largest absolute Gasteiger partial charge is 0.449 e. The molecule has 0 aromatic heterocycles. The van der Waals surface area contributed by atoms with Gasteiger partial charge in [-0.05, 0) is 38.0 Å². The van der Waals surface area contributed by atoms with Gasteiger partial charge in [0, 0.05) is 11.7 Å². The number of amides is 1. The number of hydrogen-bond donors (Lipinski definition) is 2. The van der Waals surface area contributed by atoms with Gasteiger partial charge in [-0.3, -0.25) is 4.79 Å². The minimum Gasteiger partial charge on any atom is -0.449 e. The number of esters is 1. The Kier molecular flexibility index (Phi) is 6.14. The van der Waals surface area contributed by atoms with Crippen LogP contribution in [-0.2, 0) is 9.53 Å². The number of hydrogen-bond acceptors (Lipinski definition) is 4. The highest BCUT2D eigenvalue weighted by molar-refractivity contribution is 5.96. The predicted octanol–water partition coefficient (Wildman–Crippen LogP) is 2.26. The van der Waals surface area contributed by atoms with Gasteiger partial charge >= 0.3 is 5.97 Å². The topological polar surface area (TPSA) is 81.4 Å². The van der Waals surface area contributed by atoms with E-state index in [9.17, 15) is 14.0 Å². The van der Waals surface area contributed by atoms with Crippen molar-refractivity contribution in [3.63, 3.8) is 0 Å². The molecule has 1 unspecified atom stereocenters. The average Bonchev–Trinajstić information content (AvgIpc) is 2.46. The van der Waals surface area contributed by atoms with Crippen LogP contribution in [0.2, 0.25) is 0 Å². The first-order chi connectivity index (χ1) is 9.88. The van der Waals surface area contributed by atoms with Gasteiger partial charge in [0.15, 0.2) is 6.10 Å². The van der Waals surface area contributed by atoms with Crippen molar-refractivity contribution in [1.82, 2.24) is 5.32 Å². The molecule has 0 bridgehead atoms. The van der Waals surface area contributed by atoms with Gasteiger partial charge in [0.1, 0.15) is 5.82 Å². The van der Waals surface area contributed by atoms with Crippen LogP contribution < -0.4 is 11.1 Å². The van der Waals surface area contributed by atoms with Crippen LogP contribution in [0.3, 0.4) is 0 Å². The van der Waals surface area contributed by atoms with E-state index in [2.05, 4.69) is 5.32 Å². The molecule has 21 heavy (non-hydrogen) atoms. The Morgan fingerprint density at radius 1 is 1.33 bits per heavy atom. The maximum absolute atomic E-state index is 13.1. The summed E-state index contributed by atoms with van der Waals surface area (Å²) in [6.07, 6.45) is 0.611. The smallest absolute Gasteiger partial charge is 0.341 e. The number of halogens is 1. The number of carbonyl (C=O) groups excluding carboxylic acids is 2. The van der Waals surface area contributed by atoms with Crippen LogP contribution in [0.1, 0.15) is 44.0 Å². The van der Waals surface area contributed by atoms with Gasteiger partial charge in [0.2, 0.25) is 0 Å². The molecule has 3 N–H and O–H groups in total. The molecule has 6 heteroatoms. The molecule has 5 nitrogen and oxygen atoms in total. The zero-order valence-corrected chi connectivity index (χ0v) is 12.5. The first-order valence-electron chi connectivity index (χ1n) is 6.95. The fourth-order valence-corrected chi connectivity index (χ4v) is 1.79. The van der Waals surface area contributed by atoms with E-state index in [4.69, 9.17) is 10.5 Å². The van der Waals surface area contributed by atoms with Crippen LogP contribution in [-0.4, -0.2) is 24.0 Å². The standard InChI is InChI=1S/C15H21FN2O3/c1-4-11(5-2)18-14(19)9(3)21-15(20)12-8-10(16)6-7-13(12)17/h6-9,11H,4-5,17H2,1-3H3,(H,18,19). The Balaban J connectivity index is 2.69. The van der Waals surface area contributed by atoms with Crippen molar-refractivity contribution in [2.75, 3.05) is 5.73 Å². The highest BCUT2D eigenvalue weighted by atomic mass is 19.1. The third kappa shape index (κ3) is 4.73. The molecule has 0 heterocycles. The quantitative estimate of drug-likeness (QED) is 0.623. The summed E-state index contributed by atoms with van der Waals surface area (Å²) >= 11 is 0. The molecule has 1 aromatic rings. The molecule has 1 aromatic carbocycles. The van der Waals surface area contributed by atoms with Crippen molar-refractivity contribution in [2.45, 2.75) is 45.8 Å². The van der Waals surface area contributed by atoms with Gasteiger partial charge < -0.3 is 15.8 Å². The van der Waals surface area contributed by atoms with Crippen molar-refractivity contribution in [1.29, 1.82) is 0 Å². The average molecular weight is 296 g/mol. The molecule has 0 saturated heterocycles.